The van der Waals surface area contributed by atoms with E-state index in [1.807, 2.05) is 37.3 Å². The van der Waals surface area contributed by atoms with E-state index in [2.05, 4.69) is 10.3 Å². The van der Waals surface area contributed by atoms with Gasteiger partial charge in [0, 0.05) is 41.7 Å². The fourth-order valence-electron chi connectivity index (χ4n) is 5.70. The summed E-state index contributed by atoms with van der Waals surface area (Å²) in [7, 11) is 2.81. The SMILES string of the molecule is CNC(=O)c1c(-c2ccc(F)cc2)oc2ccc(-c3cc(C(=O)CC4(c5ccccn5)CC4)c(OCC(=O)OC)cc3C)cc12. The number of hydrogen-bond acceptors (Lipinski definition) is 7. The molecule has 1 saturated carbocycles. The van der Waals surface area contributed by atoms with Gasteiger partial charge in [-0.15, -0.1) is 0 Å². The average molecular weight is 607 g/mol. The van der Waals surface area contributed by atoms with Crippen LogP contribution in [-0.4, -0.2) is 43.4 Å². The first-order valence-electron chi connectivity index (χ1n) is 14.6. The maximum absolute atomic E-state index is 14.0. The van der Waals surface area contributed by atoms with Crippen LogP contribution in [0.15, 0.2) is 83.4 Å². The van der Waals surface area contributed by atoms with Crippen molar-refractivity contribution in [3.63, 3.8) is 0 Å². The number of halogens is 1. The monoisotopic (exact) mass is 606 g/mol. The van der Waals surface area contributed by atoms with Crippen molar-refractivity contribution in [1.29, 1.82) is 0 Å². The number of pyridine rings is 1. The number of rotatable bonds is 10. The van der Waals surface area contributed by atoms with Gasteiger partial charge in [-0.25, -0.2) is 9.18 Å². The molecule has 2 heterocycles. The fraction of sp³-hybridized carbons (Fsp3) is 0.222. The van der Waals surface area contributed by atoms with E-state index in [1.54, 1.807) is 36.5 Å². The number of furan rings is 1. The van der Waals surface area contributed by atoms with Gasteiger partial charge in [0.05, 0.1) is 18.2 Å². The lowest BCUT2D eigenvalue weighted by molar-refractivity contribution is -0.142. The number of nitrogens with zero attached hydrogens (tertiary/aromatic N) is 1. The molecule has 9 heteroatoms. The van der Waals surface area contributed by atoms with Crippen LogP contribution in [0.2, 0.25) is 0 Å². The van der Waals surface area contributed by atoms with E-state index in [1.165, 1.54) is 26.3 Å². The van der Waals surface area contributed by atoms with E-state index in [-0.39, 0.29) is 35.9 Å². The first-order chi connectivity index (χ1) is 21.7. The summed E-state index contributed by atoms with van der Waals surface area (Å²) in [4.78, 5) is 43.5. The molecule has 1 aliphatic rings. The number of esters is 1. The lowest BCUT2D eigenvalue weighted by Gasteiger charge is -2.18. The molecule has 1 fully saturated rings. The average Bonchev–Trinajstić information content (AvgIpc) is 3.74. The molecule has 6 rings (SSSR count). The molecule has 8 nitrogen and oxygen atoms in total. The number of aryl methyl sites for hydroxylation is 1. The lowest BCUT2D eigenvalue weighted by Crippen LogP contribution is -2.18. The minimum atomic E-state index is -0.564. The van der Waals surface area contributed by atoms with Crippen molar-refractivity contribution in [2.75, 3.05) is 20.8 Å². The fourth-order valence-corrected chi connectivity index (χ4v) is 5.70. The molecule has 1 aliphatic carbocycles. The van der Waals surface area contributed by atoms with Gasteiger partial charge in [0.15, 0.2) is 12.4 Å². The van der Waals surface area contributed by atoms with Crippen LogP contribution in [0.25, 0.3) is 33.4 Å². The Bertz CT molecular complexity index is 1930. The van der Waals surface area contributed by atoms with E-state index in [0.717, 1.165) is 35.2 Å². The smallest absolute Gasteiger partial charge is 0.343 e. The van der Waals surface area contributed by atoms with Gasteiger partial charge < -0.3 is 19.2 Å². The second-order valence-corrected chi connectivity index (χ2v) is 11.2. The molecule has 3 aromatic carbocycles. The molecule has 228 valence electrons. The number of fused-ring (bicyclic) bond motifs is 1. The van der Waals surface area contributed by atoms with Crippen molar-refractivity contribution in [2.45, 2.75) is 31.6 Å². The summed E-state index contributed by atoms with van der Waals surface area (Å²) in [5.41, 5.74) is 4.54. The van der Waals surface area contributed by atoms with Crippen LogP contribution in [0.1, 0.15) is 51.2 Å². The van der Waals surface area contributed by atoms with Gasteiger partial charge in [-0.3, -0.25) is 14.6 Å². The van der Waals surface area contributed by atoms with Crippen LogP contribution in [-0.2, 0) is 14.9 Å². The summed E-state index contributed by atoms with van der Waals surface area (Å²) < 4.78 is 30.3. The van der Waals surface area contributed by atoms with E-state index in [0.29, 0.717) is 33.4 Å². The van der Waals surface area contributed by atoms with Crippen LogP contribution in [0.5, 0.6) is 5.75 Å². The number of carbonyl (C=O) groups is 3. The van der Waals surface area contributed by atoms with Gasteiger partial charge in [0.2, 0.25) is 0 Å². The Morgan fingerprint density at radius 2 is 1.76 bits per heavy atom. The second kappa shape index (κ2) is 12.0. The number of methoxy groups -OCH3 is 1. The second-order valence-electron chi connectivity index (χ2n) is 11.2. The van der Waals surface area contributed by atoms with Crippen molar-refractivity contribution < 1.29 is 32.7 Å². The number of ketones is 1. The number of hydrogen-bond donors (Lipinski definition) is 1. The van der Waals surface area contributed by atoms with E-state index < -0.39 is 11.8 Å². The third-order valence-electron chi connectivity index (χ3n) is 8.32. The van der Waals surface area contributed by atoms with Gasteiger partial charge in [-0.05, 0) is 97.1 Å². The highest BCUT2D eigenvalue weighted by Gasteiger charge is 2.47. The molecule has 0 radical (unpaired) electrons. The van der Waals surface area contributed by atoms with Crippen molar-refractivity contribution >= 4 is 28.6 Å². The molecule has 45 heavy (non-hydrogen) atoms. The highest BCUT2D eigenvalue weighted by molar-refractivity contribution is 6.12. The number of amides is 1. The summed E-state index contributed by atoms with van der Waals surface area (Å²) in [5, 5.41) is 3.24. The summed E-state index contributed by atoms with van der Waals surface area (Å²) in [6.07, 6.45) is 3.67. The van der Waals surface area contributed by atoms with Crippen LogP contribution in [0, 0.1) is 12.7 Å². The number of nitrogens with one attached hydrogen (secondary N) is 1. The third-order valence-corrected chi connectivity index (χ3v) is 8.32. The van der Waals surface area contributed by atoms with Gasteiger partial charge in [0.1, 0.15) is 22.9 Å². The highest BCUT2D eigenvalue weighted by Crippen LogP contribution is 2.51. The van der Waals surface area contributed by atoms with Crippen LogP contribution < -0.4 is 10.1 Å². The van der Waals surface area contributed by atoms with Gasteiger partial charge in [-0.2, -0.15) is 0 Å². The molecular weight excluding hydrogens is 575 g/mol. The quantitative estimate of drug-likeness (QED) is 0.137. The third kappa shape index (κ3) is 5.81. The molecule has 0 spiro atoms. The number of Topliss-reactive ketones (excluding diaryl/α,β-unsaturated/α-hetero) is 1. The Morgan fingerprint density at radius 3 is 2.42 bits per heavy atom. The molecule has 5 aromatic rings. The molecule has 0 saturated heterocycles. The number of carbonyl (C=O) groups excluding carboxylic acids is 3. The Balaban J connectivity index is 1.44. The zero-order chi connectivity index (χ0) is 31.7. The number of ether oxygens (including phenoxy) is 2. The van der Waals surface area contributed by atoms with E-state index in [9.17, 15) is 18.8 Å². The van der Waals surface area contributed by atoms with Crippen LogP contribution >= 0.6 is 0 Å². The maximum Gasteiger partial charge on any atom is 0.343 e. The van der Waals surface area contributed by atoms with Gasteiger partial charge >= 0.3 is 5.97 Å². The predicted molar refractivity (Wildman–Crippen MR) is 167 cm³/mol. The Hall–Kier alpha value is -5.31. The summed E-state index contributed by atoms with van der Waals surface area (Å²) in [6, 6.07) is 20.5. The topological polar surface area (TPSA) is 108 Å². The predicted octanol–water partition coefficient (Wildman–Crippen LogP) is 6.83. The summed E-state index contributed by atoms with van der Waals surface area (Å²) in [6.45, 7) is 1.54. The molecule has 0 unspecified atom stereocenters. The van der Waals surface area contributed by atoms with E-state index in [4.69, 9.17) is 13.9 Å². The molecule has 0 aliphatic heterocycles. The minimum Gasteiger partial charge on any atom is -0.481 e. The highest BCUT2D eigenvalue weighted by atomic mass is 19.1. The van der Waals surface area contributed by atoms with Crippen LogP contribution in [0.3, 0.4) is 0 Å². The molecule has 0 atom stereocenters. The largest absolute Gasteiger partial charge is 0.481 e. The molecule has 1 amide bonds. The first-order valence-corrected chi connectivity index (χ1v) is 14.6. The van der Waals surface area contributed by atoms with Crippen molar-refractivity contribution in [1.82, 2.24) is 10.3 Å². The number of aromatic nitrogens is 1. The maximum atomic E-state index is 14.0. The van der Waals surface area contributed by atoms with E-state index >= 15 is 0 Å². The van der Waals surface area contributed by atoms with Crippen molar-refractivity contribution in [3.8, 4) is 28.2 Å². The molecule has 0 bridgehead atoms. The Kier molecular flexibility index (Phi) is 7.93. The van der Waals surface area contributed by atoms with Crippen molar-refractivity contribution in [3.05, 3.63) is 107 Å². The normalized spacial score (nSPS) is 13.3. The molecule has 1 N–H and O–H groups in total. The minimum absolute atomic E-state index is 0.131. The zero-order valence-corrected chi connectivity index (χ0v) is 25.1. The first kappa shape index (κ1) is 29.7. The zero-order valence-electron chi connectivity index (χ0n) is 25.1. The Labute approximate surface area is 259 Å². The van der Waals surface area contributed by atoms with Crippen LogP contribution in [0.4, 0.5) is 4.39 Å². The van der Waals surface area contributed by atoms with Gasteiger partial charge in [0.25, 0.3) is 5.91 Å². The summed E-state index contributed by atoms with van der Waals surface area (Å²) >= 11 is 0. The molecule has 2 aromatic heterocycles. The number of benzene rings is 3. The van der Waals surface area contributed by atoms with Crippen molar-refractivity contribution in [2.24, 2.45) is 0 Å². The standard InChI is InChI=1S/C36H31FN2O6/c1-21-16-30(44-20-32(41)43-3)26(28(40)19-36(13-14-36)31-6-4-5-15-39-31)18-25(21)23-9-12-29-27(17-23)33(35(42)38-2)34(45-29)22-7-10-24(37)11-8-22/h4-12,15-18H,13-14,19-20H2,1-3H3,(H,38,42). The Morgan fingerprint density at radius 1 is 1.00 bits per heavy atom. The lowest BCUT2D eigenvalue weighted by atomic mass is 9.89. The molecular formula is C36H31FN2O6. The summed E-state index contributed by atoms with van der Waals surface area (Å²) in [5.74, 6) is -0.832. The van der Waals surface area contributed by atoms with Gasteiger partial charge in [-0.1, -0.05) is 12.1 Å².